The van der Waals surface area contributed by atoms with Gasteiger partial charge in [-0.05, 0) is 60.5 Å². The maximum Gasteiger partial charge on any atom is 0.416 e. The van der Waals surface area contributed by atoms with Crippen LogP contribution in [-0.4, -0.2) is 33.7 Å². The van der Waals surface area contributed by atoms with Gasteiger partial charge < -0.3 is 10.1 Å². The van der Waals surface area contributed by atoms with E-state index < -0.39 is 17.0 Å². The molecule has 6 nitrogen and oxygen atoms in total. The number of carbonyl (C=O) groups is 2. The first-order chi connectivity index (χ1) is 18.2. The van der Waals surface area contributed by atoms with Crippen LogP contribution in [0, 0.1) is 0 Å². The lowest BCUT2D eigenvalue weighted by Crippen LogP contribution is -2.33. The Morgan fingerprint density at radius 2 is 1.71 bits per heavy atom. The molecule has 1 aliphatic heterocycles. The highest BCUT2D eigenvalue weighted by atomic mass is 32.2. The number of nitrogens with one attached hydrogen (secondary N) is 1. The lowest BCUT2D eigenvalue weighted by Gasteiger charge is -2.16. The van der Waals surface area contributed by atoms with E-state index in [1.54, 1.807) is 24.3 Å². The van der Waals surface area contributed by atoms with Gasteiger partial charge in [-0.15, -0.1) is 0 Å². The van der Waals surface area contributed by atoms with Crippen molar-refractivity contribution in [1.82, 2.24) is 4.90 Å². The molecule has 4 rings (SSSR count). The first kappa shape index (κ1) is 27.3. The van der Waals surface area contributed by atoms with Gasteiger partial charge in [0.15, 0.2) is 5.17 Å². The Morgan fingerprint density at radius 3 is 2.34 bits per heavy atom. The Bertz CT molecular complexity index is 1280. The maximum absolute atomic E-state index is 13.3. The van der Waals surface area contributed by atoms with Gasteiger partial charge in [-0.2, -0.15) is 13.2 Å². The molecule has 0 aromatic heterocycles. The Labute approximate surface area is 222 Å². The summed E-state index contributed by atoms with van der Waals surface area (Å²) in [7, 11) is 0. The second kappa shape index (κ2) is 12.2. The average Bonchev–Trinajstić information content (AvgIpc) is 3.17. The molecule has 0 aliphatic carbocycles. The summed E-state index contributed by atoms with van der Waals surface area (Å²) >= 11 is 1.12. The smallest absolute Gasteiger partial charge is 0.416 e. The molecule has 1 fully saturated rings. The highest BCUT2D eigenvalue weighted by molar-refractivity contribution is 8.15. The Morgan fingerprint density at radius 1 is 1.03 bits per heavy atom. The average molecular weight is 542 g/mol. The number of hydrogen-bond acceptors (Lipinski definition) is 5. The standard InChI is InChI=1S/C28H26F3N3O3S/c1-2-16-37-23-14-12-21(13-15-23)32-25(35)17-24-26(36)34(18-19-6-4-3-5-7-19)27(38-24)33-22-10-8-20(9-11-22)28(29,30)31/h3-15,24H,2,16-18H2,1H3,(H,32,35)/t24-/m0/s1. The van der Waals surface area contributed by atoms with E-state index in [0.29, 0.717) is 23.2 Å². The van der Waals surface area contributed by atoms with Crippen molar-refractivity contribution in [1.29, 1.82) is 0 Å². The summed E-state index contributed by atoms with van der Waals surface area (Å²) in [6.07, 6.45) is -3.66. The number of amides is 2. The van der Waals surface area contributed by atoms with Crippen molar-refractivity contribution >= 4 is 40.1 Å². The molecule has 1 N–H and O–H groups in total. The number of ether oxygens (including phenoxy) is 1. The van der Waals surface area contributed by atoms with Crippen LogP contribution in [0.5, 0.6) is 5.75 Å². The Balaban J connectivity index is 1.49. The van der Waals surface area contributed by atoms with Gasteiger partial charge in [0.1, 0.15) is 11.0 Å². The van der Waals surface area contributed by atoms with Gasteiger partial charge in [0.2, 0.25) is 11.8 Å². The van der Waals surface area contributed by atoms with E-state index in [2.05, 4.69) is 10.3 Å². The normalized spacial score (nSPS) is 16.6. The zero-order chi connectivity index (χ0) is 27.1. The molecule has 0 saturated carbocycles. The predicted molar refractivity (Wildman–Crippen MR) is 142 cm³/mol. The fraction of sp³-hybridized carbons (Fsp3) is 0.250. The van der Waals surface area contributed by atoms with Crippen LogP contribution in [-0.2, 0) is 22.3 Å². The van der Waals surface area contributed by atoms with Gasteiger partial charge in [-0.3, -0.25) is 14.5 Å². The Hall–Kier alpha value is -3.79. The minimum Gasteiger partial charge on any atom is -0.494 e. The predicted octanol–water partition coefficient (Wildman–Crippen LogP) is 6.65. The van der Waals surface area contributed by atoms with Crippen LogP contribution in [0.3, 0.4) is 0 Å². The molecule has 1 heterocycles. The molecule has 38 heavy (non-hydrogen) atoms. The van der Waals surface area contributed by atoms with Crippen LogP contribution in [0.15, 0.2) is 83.9 Å². The van der Waals surface area contributed by atoms with E-state index in [-0.39, 0.29) is 30.5 Å². The molecule has 2 amide bonds. The number of nitrogens with zero attached hydrogens (tertiary/aromatic N) is 2. The number of aliphatic imine (C=N–C) groups is 1. The quantitative estimate of drug-likeness (QED) is 0.329. The summed E-state index contributed by atoms with van der Waals surface area (Å²) < 4.78 is 44.4. The number of thioether (sulfide) groups is 1. The third-order valence-electron chi connectivity index (χ3n) is 5.60. The molecule has 10 heteroatoms. The first-order valence-electron chi connectivity index (χ1n) is 12.0. The summed E-state index contributed by atoms with van der Waals surface area (Å²) in [5.41, 5.74) is 0.935. The topological polar surface area (TPSA) is 71.0 Å². The molecule has 0 unspecified atom stereocenters. The zero-order valence-electron chi connectivity index (χ0n) is 20.6. The van der Waals surface area contributed by atoms with Crippen molar-refractivity contribution in [3.63, 3.8) is 0 Å². The minimum absolute atomic E-state index is 0.0884. The molecule has 3 aromatic rings. The van der Waals surface area contributed by atoms with Crippen LogP contribution >= 0.6 is 11.8 Å². The molecule has 0 bridgehead atoms. The van der Waals surface area contributed by atoms with Crippen LogP contribution in [0.4, 0.5) is 24.5 Å². The van der Waals surface area contributed by atoms with Crippen molar-refractivity contribution in [3.8, 4) is 5.75 Å². The molecule has 3 aromatic carbocycles. The summed E-state index contributed by atoms with van der Waals surface area (Å²) in [6.45, 7) is 2.84. The van der Waals surface area contributed by atoms with Gasteiger partial charge in [-0.1, -0.05) is 49.0 Å². The number of halogens is 3. The summed E-state index contributed by atoms with van der Waals surface area (Å²) in [5.74, 6) is 0.0727. The van der Waals surface area contributed by atoms with Crippen LogP contribution < -0.4 is 10.1 Å². The molecule has 1 saturated heterocycles. The highest BCUT2D eigenvalue weighted by Gasteiger charge is 2.39. The second-order valence-corrected chi connectivity index (χ2v) is 9.75. The van der Waals surface area contributed by atoms with Gasteiger partial charge in [-0.25, -0.2) is 4.99 Å². The number of alkyl halides is 3. The largest absolute Gasteiger partial charge is 0.494 e. The SMILES string of the molecule is CCCOc1ccc(NC(=O)C[C@@H]2SC(=Nc3ccc(C(F)(F)F)cc3)N(Cc3ccccc3)C2=O)cc1. The van der Waals surface area contributed by atoms with Gasteiger partial charge >= 0.3 is 6.18 Å². The van der Waals surface area contributed by atoms with E-state index in [1.165, 1.54) is 17.0 Å². The Kier molecular flexibility index (Phi) is 8.73. The van der Waals surface area contributed by atoms with Crippen molar-refractivity contribution in [2.24, 2.45) is 4.99 Å². The van der Waals surface area contributed by atoms with E-state index in [1.807, 2.05) is 37.3 Å². The third-order valence-corrected chi connectivity index (χ3v) is 6.78. The fourth-order valence-corrected chi connectivity index (χ4v) is 4.86. The lowest BCUT2D eigenvalue weighted by molar-refractivity contribution is -0.137. The number of benzene rings is 3. The molecular weight excluding hydrogens is 515 g/mol. The van der Waals surface area contributed by atoms with E-state index in [4.69, 9.17) is 4.74 Å². The molecule has 1 aliphatic rings. The van der Waals surface area contributed by atoms with Crippen LogP contribution in [0.25, 0.3) is 0 Å². The third kappa shape index (κ3) is 7.16. The number of carbonyl (C=O) groups excluding carboxylic acids is 2. The van der Waals surface area contributed by atoms with E-state index in [9.17, 15) is 22.8 Å². The summed E-state index contributed by atoms with van der Waals surface area (Å²) in [5, 5.41) is 2.40. The number of rotatable bonds is 9. The highest BCUT2D eigenvalue weighted by Crippen LogP contribution is 2.34. The van der Waals surface area contributed by atoms with Gasteiger partial charge in [0.05, 0.1) is 24.4 Å². The number of amidine groups is 1. The van der Waals surface area contributed by atoms with E-state index in [0.717, 1.165) is 35.9 Å². The van der Waals surface area contributed by atoms with Crippen LogP contribution in [0.1, 0.15) is 30.9 Å². The minimum atomic E-state index is -4.45. The van der Waals surface area contributed by atoms with Crippen molar-refractivity contribution in [2.45, 2.75) is 37.7 Å². The summed E-state index contributed by atoms with van der Waals surface area (Å²) in [6, 6.07) is 20.7. The van der Waals surface area contributed by atoms with Gasteiger partial charge in [0, 0.05) is 12.1 Å². The molecule has 1 atom stereocenters. The van der Waals surface area contributed by atoms with Crippen molar-refractivity contribution < 1.29 is 27.5 Å². The second-order valence-electron chi connectivity index (χ2n) is 8.58. The van der Waals surface area contributed by atoms with Crippen molar-refractivity contribution in [2.75, 3.05) is 11.9 Å². The lowest BCUT2D eigenvalue weighted by atomic mass is 10.2. The first-order valence-corrected chi connectivity index (χ1v) is 12.9. The maximum atomic E-state index is 13.3. The molecular formula is C28H26F3N3O3S. The molecule has 198 valence electrons. The van der Waals surface area contributed by atoms with E-state index >= 15 is 0 Å². The van der Waals surface area contributed by atoms with Gasteiger partial charge in [0.25, 0.3) is 0 Å². The fourth-order valence-electron chi connectivity index (χ4n) is 3.71. The van der Waals surface area contributed by atoms with Crippen molar-refractivity contribution in [3.05, 3.63) is 90.0 Å². The summed E-state index contributed by atoms with van der Waals surface area (Å²) in [4.78, 5) is 32.0. The number of anilines is 1. The van der Waals surface area contributed by atoms with Crippen LogP contribution in [0.2, 0.25) is 0 Å². The molecule has 0 spiro atoms. The molecule has 0 radical (unpaired) electrons. The zero-order valence-corrected chi connectivity index (χ0v) is 21.4. The monoisotopic (exact) mass is 541 g/mol. The number of hydrogen-bond donors (Lipinski definition) is 1.